The molecule has 7 heteroatoms. The number of carbonyl (C=O) groups excluding carboxylic acids is 1. The fourth-order valence-corrected chi connectivity index (χ4v) is 3.09. The average Bonchev–Trinajstić information content (AvgIpc) is 2.50. The van der Waals surface area contributed by atoms with E-state index in [2.05, 4.69) is 26.6 Å². The van der Waals surface area contributed by atoms with Crippen molar-refractivity contribution in [2.45, 2.75) is 32.7 Å². The Morgan fingerprint density at radius 2 is 2.17 bits per heavy atom. The van der Waals surface area contributed by atoms with Gasteiger partial charge < -0.3 is 15.4 Å². The highest BCUT2D eigenvalue weighted by Crippen LogP contribution is 2.31. The van der Waals surface area contributed by atoms with Crippen LogP contribution in [0.1, 0.15) is 38.3 Å². The first-order chi connectivity index (χ1) is 11.0. The number of allylic oxidation sites excluding steroid dienone is 1. The van der Waals surface area contributed by atoms with Gasteiger partial charge in [0.25, 0.3) is 0 Å². The summed E-state index contributed by atoms with van der Waals surface area (Å²) in [5.41, 5.74) is 1.97. The lowest BCUT2D eigenvalue weighted by molar-refractivity contribution is -0.139. The Kier molecular flexibility index (Phi) is 6.12. The molecule has 4 nitrogen and oxygen atoms in total. The van der Waals surface area contributed by atoms with Crippen molar-refractivity contribution in [1.29, 1.82) is 0 Å². The number of benzene rings is 1. The van der Waals surface area contributed by atoms with Crippen molar-refractivity contribution in [3.05, 3.63) is 45.3 Å². The Balaban J connectivity index is 2.51. The summed E-state index contributed by atoms with van der Waals surface area (Å²) in [6.45, 7) is 4.06. The standard InChI is InChI=1S/C16H18BrFN2O2S/c1-3-5-12-13(15(21)22-4-2)14(20-16(23)19-12)9-6-7-11(18)10(17)8-9/h6-8,14H,3-5H2,1-2H3,(H2,19,20,23)/t14-/m0/s1. The Labute approximate surface area is 148 Å². The fourth-order valence-electron chi connectivity index (χ4n) is 2.46. The zero-order valence-electron chi connectivity index (χ0n) is 12.9. The van der Waals surface area contributed by atoms with Gasteiger partial charge in [-0.1, -0.05) is 19.4 Å². The molecule has 0 saturated carbocycles. The average molecular weight is 401 g/mol. The predicted octanol–water partition coefficient (Wildman–Crippen LogP) is 3.72. The molecule has 1 aromatic rings. The van der Waals surface area contributed by atoms with Crippen molar-refractivity contribution in [2.75, 3.05) is 6.61 Å². The van der Waals surface area contributed by atoms with Crippen LogP contribution in [-0.2, 0) is 9.53 Å². The molecule has 0 radical (unpaired) electrons. The van der Waals surface area contributed by atoms with E-state index in [9.17, 15) is 9.18 Å². The van der Waals surface area contributed by atoms with E-state index >= 15 is 0 Å². The molecule has 0 saturated heterocycles. The SMILES string of the molecule is CCCC1=C(C(=O)OCC)[C@H](c2ccc(F)c(Br)c2)NC(=S)N1. The van der Waals surface area contributed by atoms with Gasteiger partial charge in [0, 0.05) is 5.70 Å². The van der Waals surface area contributed by atoms with Crippen molar-refractivity contribution >= 4 is 39.2 Å². The molecule has 1 aliphatic rings. The molecule has 0 fully saturated rings. The van der Waals surface area contributed by atoms with E-state index in [0.717, 1.165) is 17.7 Å². The molecule has 0 amide bonds. The van der Waals surface area contributed by atoms with Crippen LogP contribution in [0.15, 0.2) is 33.9 Å². The van der Waals surface area contributed by atoms with Gasteiger partial charge in [-0.05, 0) is 59.2 Å². The molecule has 1 heterocycles. The Bertz CT molecular complexity index is 663. The largest absolute Gasteiger partial charge is 0.463 e. The van der Waals surface area contributed by atoms with Crippen LogP contribution in [0.4, 0.5) is 4.39 Å². The first-order valence-electron chi connectivity index (χ1n) is 7.40. The fraction of sp³-hybridized carbons (Fsp3) is 0.375. The lowest BCUT2D eigenvalue weighted by atomic mass is 9.94. The molecule has 2 N–H and O–H groups in total. The molecule has 0 bridgehead atoms. The maximum Gasteiger partial charge on any atom is 0.338 e. The van der Waals surface area contributed by atoms with E-state index in [1.807, 2.05) is 6.92 Å². The molecule has 0 aromatic heterocycles. The van der Waals surface area contributed by atoms with E-state index in [4.69, 9.17) is 17.0 Å². The second-order valence-corrected chi connectivity index (χ2v) is 6.33. The van der Waals surface area contributed by atoms with E-state index in [-0.39, 0.29) is 12.4 Å². The van der Waals surface area contributed by atoms with Crippen LogP contribution in [-0.4, -0.2) is 17.7 Å². The lowest BCUT2D eigenvalue weighted by Gasteiger charge is -2.31. The first-order valence-corrected chi connectivity index (χ1v) is 8.60. The van der Waals surface area contributed by atoms with E-state index < -0.39 is 12.0 Å². The summed E-state index contributed by atoms with van der Waals surface area (Å²) in [7, 11) is 0. The molecule has 23 heavy (non-hydrogen) atoms. The van der Waals surface area contributed by atoms with Gasteiger partial charge in [-0.3, -0.25) is 0 Å². The molecule has 2 rings (SSSR count). The number of esters is 1. The van der Waals surface area contributed by atoms with Crippen molar-refractivity contribution in [2.24, 2.45) is 0 Å². The molecule has 0 spiro atoms. The van der Waals surface area contributed by atoms with Gasteiger partial charge in [0.1, 0.15) is 5.82 Å². The van der Waals surface area contributed by atoms with Gasteiger partial charge in [-0.15, -0.1) is 0 Å². The van der Waals surface area contributed by atoms with Crippen molar-refractivity contribution in [3.63, 3.8) is 0 Å². The third kappa shape index (κ3) is 4.09. The molecule has 1 aliphatic heterocycles. The number of hydrogen-bond acceptors (Lipinski definition) is 3. The number of hydrogen-bond donors (Lipinski definition) is 2. The number of rotatable bonds is 5. The third-order valence-electron chi connectivity index (χ3n) is 3.43. The summed E-state index contributed by atoms with van der Waals surface area (Å²) in [4.78, 5) is 12.4. The van der Waals surface area contributed by atoms with Crippen molar-refractivity contribution in [3.8, 4) is 0 Å². The Hall–Kier alpha value is -1.47. The van der Waals surface area contributed by atoms with Gasteiger partial charge in [0.05, 0.1) is 22.7 Å². The number of carbonyl (C=O) groups is 1. The predicted molar refractivity (Wildman–Crippen MR) is 94.3 cm³/mol. The van der Waals surface area contributed by atoms with E-state index in [0.29, 0.717) is 21.6 Å². The molecule has 124 valence electrons. The summed E-state index contributed by atoms with van der Waals surface area (Å²) in [6, 6.07) is 4.16. The van der Waals surface area contributed by atoms with Crippen LogP contribution in [0.2, 0.25) is 0 Å². The molecule has 1 aromatic carbocycles. The summed E-state index contributed by atoms with van der Waals surface area (Å²) in [5.74, 6) is -0.760. The van der Waals surface area contributed by atoms with Crippen LogP contribution < -0.4 is 10.6 Å². The van der Waals surface area contributed by atoms with Crippen molar-refractivity contribution < 1.29 is 13.9 Å². The number of thiocarbonyl (C=S) groups is 1. The van der Waals surface area contributed by atoms with Gasteiger partial charge in [-0.25, -0.2) is 9.18 Å². The van der Waals surface area contributed by atoms with Gasteiger partial charge in [0.15, 0.2) is 5.11 Å². The zero-order chi connectivity index (χ0) is 17.0. The Morgan fingerprint density at radius 3 is 2.78 bits per heavy atom. The minimum Gasteiger partial charge on any atom is -0.463 e. The highest BCUT2D eigenvalue weighted by Gasteiger charge is 2.32. The summed E-state index contributed by atoms with van der Waals surface area (Å²) >= 11 is 8.42. The molecular weight excluding hydrogens is 383 g/mol. The number of nitrogens with one attached hydrogen (secondary N) is 2. The quantitative estimate of drug-likeness (QED) is 0.582. The second-order valence-electron chi connectivity index (χ2n) is 5.07. The molecule has 0 unspecified atom stereocenters. The number of ether oxygens (including phenoxy) is 1. The molecular formula is C16H18BrFN2O2S. The van der Waals surface area contributed by atoms with Crippen LogP contribution in [0.5, 0.6) is 0 Å². The van der Waals surface area contributed by atoms with E-state index in [1.165, 1.54) is 6.07 Å². The Morgan fingerprint density at radius 1 is 1.43 bits per heavy atom. The highest BCUT2D eigenvalue weighted by molar-refractivity contribution is 9.10. The maximum atomic E-state index is 13.5. The van der Waals surface area contributed by atoms with E-state index in [1.54, 1.807) is 19.1 Å². The van der Waals surface area contributed by atoms with Crippen LogP contribution in [0.3, 0.4) is 0 Å². The second kappa shape index (κ2) is 7.88. The first kappa shape index (κ1) is 17.9. The topological polar surface area (TPSA) is 50.4 Å². The van der Waals surface area contributed by atoms with Crippen LogP contribution in [0.25, 0.3) is 0 Å². The lowest BCUT2D eigenvalue weighted by Crippen LogP contribution is -2.45. The maximum absolute atomic E-state index is 13.5. The summed E-state index contributed by atoms with van der Waals surface area (Å²) in [5, 5.41) is 6.56. The van der Waals surface area contributed by atoms with Crippen LogP contribution >= 0.6 is 28.1 Å². The number of halogens is 2. The van der Waals surface area contributed by atoms with Gasteiger partial charge in [-0.2, -0.15) is 0 Å². The summed E-state index contributed by atoms with van der Waals surface area (Å²) < 4.78 is 19.0. The van der Waals surface area contributed by atoms with Gasteiger partial charge in [0.2, 0.25) is 0 Å². The van der Waals surface area contributed by atoms with Crippen LogP contribution in [0, 0.1) is 5.82 Å². The molecule has 1 atom stereocenters. The minimum absolute atomic E-state index is 0.284. The van der Waals surface area contributed by atoms with Crippen molar-refractivity contribution in [1.82, 2.24) is 10.6 Å². The smallest absolute Gasteiger partial charge is 0.338 e. The van der Waals surface area contributed by atoms with Gasteiger partial charge >= 0.3 is 5.97 Å². The minimum atomic E-state index is -0.471. The zero-order valence-corrected chi connectivity index (χ0v) is 15.3. The summed E-state index contributed by atoms with van der Waals surface area (Å²) in [6.07, 6.45) is 1.53. The molecule has 0 aliphatic carbocycles. The third-order valence-corrected chi connectivity index (χ3v) is 4.25. The highest BCUT2D eigenvalue weighted by atomic mass is 79.9. The monoisotopic (exact) mass is 400 g/mol. The normalized spacial score (nSPS) is 17.6.